The van der Waals surface area contributed by atoms with E-state index < -0.39 is 11.9 Å². The first kappa shape index (κ1) is 19.4. The number of aliphatic hydroxyl groups is 2. The standard InChI is InChI=1S/C5H12O2.2C2H4O2/c1-5(7)3-2-4-6;2*1-2(3)4/h5-7H,2-4H2,1H3;2*1H3,(H,3,4). The van der Waals surface area contributed by atoms with E-state index in [2.05, 4.69) is 0 Å². The fourth-order valence-electron chi connectivity index (χ4n) is 0.387. The maximum Gasteiger partial charge on any atom is 0.300 e. The Morgan fingerprint density at radius 1 is 1.13 bits per heavy atom. The predicted molar refractivity (Wildman–Crippen MR) is 54.6 cm³/mol. The van der Waals surface area contributed by atoms with Crippen LogP contribution in [0.5, 0.6) is 0 Å². The minimum Gasteiger partial charge on any atom is -0.481 e. The van der Waals surface area contributed by atoms with E-state index in [9.17, 15) is 0 Å². The van der Waals surface area contributed by atoms with Gasteiger partial charge in [-0.2, -0.15) is 0 Å². The fourth-order valence-corrected chi connectivity index (χ4v) is 0.387. The highest BCUT2D eigenvalue weighted by Crippen LogP contribution is 1.92. The molecule has 0 aromatic carbocycles. The van der Waals surface area contributed by atoms with Crippen molar-refractivity contribution in [3.63, 3.8) is 0 Å². The van der Waals surface area contributed by atoms with Crippen molar-refractivity contribution in [3.05, 3.63) is 0 Å². The van der Waals surface area contributed by atoms with Crippen molar-refractivity contribution < 1.29 is 30.0 Å². The molecule has 0 rings (SSSR count). The topological polar surface area (TPSA) is 115 Å². The zero-order chi connectivity index (χ0) is 12.9. The van der Waals surface area contributed by atoms with E-state index in [1.54, 1.807) is 6.92 Å². The molecule has 1 unspecified atom stereocenters. The fraction of sp³-hybridized carbons (Fsp3) is 0.778. The number of aliphatic hydroxyl groups excluding tert-OH is 2. The third-order valence-electron chi connectivity index (χ3n) is 0.780. The lowest BCUT2D eigenvalue weighted by Gasteiger charge is -1.98. The summed E-state index contributed by atoms with van der Waals surface area (Å²) in [5, 5.41) is 31.6. The van der Waals surface area contributed by atoms with Gasteiger partial charge < -0.3 is 20.4 Å². The molecule has 1 atom stereocenters. The molecule has 0 aliphatic heterocycles. The zero-order valence-electron chi connectivity index (χ0n) is 9.30. The molecular formula is C9H20O6. The first-order valence-corrected chi connectivity index (χ1v) is 4.42. The molecule has 0 fully saturated rings. The van der Waals surface area contributed by atoms with Crippen LogP contribution in [0.15, 0.2) is 0 Å². The summed E-state index contributed by atoms with van der Waals surface area (Å²) >= 11 is 0. The summed E-state index contributed by atoms with van der Waals surface area (Å²) < 4.78 is 0. The van der Waals surface area contributed by atoms with Gasteiger partial charge in [-0.3, -0.25) is 9.59 Å². The summed E-state index contributed by atoms with van der Waals surface area (Å²) in [6.07, 6.45) is 1.15. The molecule has 92 valence electrons. The van der Waals surface area contributed by atoms with Gasteiger partial charge >= 0.3 is 0 Å². The van der Waals surface area contributed by atoms with Gasteiger partial charge in [0.1, 0.15) is 0 Å². The van der Waals surface area contributed by atoms with Gasteiger partial charge in [0.2, 0.25) is 0 Å². The van der Waals surface area contributed by atoms with Crippen molar-refractivity contribution in [1.82, 2.24) is 0 Å². The summed E-state index contributed by atoms with van der Waals surface area (Å²) in [5.74, 6) is -1.67. The third kappa shape index (κ3) is 185. The minimum absolute atomic E-state index is 0.185. The Labute approximate surface area is 89.2 Å². The maximum atomic E-state index is 9.00. The van der Waals surface area contributed by atoms with Gasteiger partial charge in [-0.05, 0) is 19.8 Å². The summed E-state index contributed by atoms with van der Waals surface area (Å²) in [6.45, 7) is 4.07. The van der Waals surface area contributed by atoms with Crippen molar-refractivity contribution in [2.75, 3.05) is 6.61 Å². The molecule has 0 saturated heterocycles. The molecule has 0 heterocycles. The molecule has 0 radical (unpaired) electrons. The number of carboxylic acid groups (broad SMARTS) is 2. The highest BCUT2D eigenvalue weighted by atomic mass is 16.4. The minimum atomic E-state index is -0.833. The Morgan fingerprint density at radius 2 is 1.40 bits per heavy atom. The lowest BCUT2D eigenvalue weighted by Crippen LogP contribution is -1.99. The highest BCUT2D eigenvalue weighted by Gasteiger charge is 1.91. The molecule has 6 heteroatoms. The van der Waals surface area contributed by atoms with Crippen LogP contribution in [0.1, 0.15) is 33.6 Å². The number of rotatable bonds is 3. The van der Waals surface area contributed by atoms with E-state index in [1.807, 2.05) is 0 Å². The van der Waals surface area contributed by atoms with Crippen LogP contribution in [0.25, 0.3) is 0 Å². The van der Waals surface area contributed by atoms with Crippen LogP contribution in [-0.4, -0.2) is 45.1 Å². The Morgan fingerprint density at radius 3 is 1.47 bits per heavy atom. The van der Waals surface area contributed by atoms with E-state index in [1.165, 1.54) is 0 Å². The van der Waals surface area contributed by atoms with Gasteiger partial charge in [0, 0.05) is 20.5 Å². The van der Waals surface area contributed by atoms with E-state index in [4.69, 9.17) is 30.0 Å². The molecule has 4 N–H and O–H groups in total. The number of carboxylic acids is 2. The molecule has 6 nitrogen and oxygen atoms in total. The number of aliphatic carboxylic acids is 2. The second kappa shape index (κ2) is 15.3. The number of hydrogen-bond donors (Lipinski definition) is 4. The SMILES string of the molecule is CC(=O)O.CC(=O)O.CC(O)CCCO. The quantitative estimate of drug-likeness (QED) is 0.549. The summed E-state index contributed by atoms with van der Waals surface area (Å²) in [4.78, 5) is 18.0. The van der Waals surface area contributed by atoms with Gasteiger partial charge in [0.25, 0.3) is 11.9 Å². The molecule has 0 spiro atoms. The Kier molecular flexibility index (Phi) is 19.9. The molecule has 15 heavy (non-hydrogen) atoms. The molecule has 0 aromatic rings. The average Bonchev–Trinajstić information content (AvgIpc) is 1.98. The van der Waals surface area contributed by atoms with E-state index in [0.717, 1.165) is 13.8 Å². The first-order chi connectivity index (χ1) is 6.73. The second-order valence-corrected chi connectivity index (χ2v) is 2.75. The van der Waals surface area contributed by atoms with Crippen molar-refractivity contribution in [2.45, 2.75) is 39.7 Å². The summed E-state index contributed by atoms with van der Waals surface area (Å²) in [6, 6.07) is 0. The van der Waals surface area contributed by atoms with Gasteiger partial charge in [0.05, 0.1) is 6.10 Å². The van der Waals surface area contributed by atoms with Gasteiger partial charge in [0.15, 0.2) is 0 Å². The molecular weight excluding hydrogens is 204 g/mol. The summed E-state index contributed by atoms with van der Waals surface area (Å²) in [5.41, 5.74) is 0. The Bertz CT molecular complexity index is 135. The first-order valence-electron chi connectivity index (χ1n) is 4.42. The average molecular weight is 224 g/mol. The van der Waals surface area contributed by atoms with E-state index in [0.29, 0.717) is 12.8 Å². The van der Waals surface area contributed by atoms with Crippen LogP contribution in [0.2, 0.25) is 0 Å². The Hall–Kier alpha value is -1.14. The van der Waals surface area contributed by atoms with E-state index >= 15 is 0 Å². The van der Waals surface area contributed by atoms with Gasteiger partial charge in [-0.25, -0.2) is 0 Å². The normalized spacial score (nSPS) is 9.93. The van der Waals surface area contributed by atoms with Crippen LogP contribution in [-0.2, 0) is 9.59 Å². The molecule has 0 aliphatic carbocycles. The van der Waals surface area contributed by atoms with Gasteiger partial charge in [-0.15, -0.1) is 0 Å². The third-order valence-corrected chi connectivity index (χ3v) is 0.780. The predicted octanol–water partition coefficient (Wildman–Crippen LogP) is 0.321. The zero-order valence-corrected chi connectivity index (χ0v) is 9.30. The largest absolute Gasteiger partial charge is 0.481 e. The molecule has 0 saturated carbocycles. The second-order valence-electron chi connectivity index (χ2n) is 2.75. The smallest absolute Gasteiger partial charge is 0.300 e. The van der Waals surface area contributed by atoms with Crippen LogP contribution < -0.4 is 0 Å². The lowest BCUT2D eigenvalue weighted by atomic mass is 10.2. The van der Waals surface area contributed by atoms with Crippen molar-refractivity contribution in [2.24, 2.45) is 0 Å². The highest BCUT2D eigenvalue weighted by molar-refractivity contribution is 5.63. The van der Waals surface area contributed by atoms with Crippen LogP contribution >= 0.6 is 0 Å². The molecule has 0 amide bonds. The Balaban J connectivity index is -0.000000155. The number of carbonyl (C=O) groups is 2. The maximum absolute atomic E-state index is 9.00. The van der Waals surface area contributed by atoms with Crippen LogP contribution in [0.4, 0.5) is 0 Å². The number of hydrogen-bond acceptors (Lipinski definition) is 4. The van der Waals surface area contributed by atoms with Crippen molar-refractivity contribution in [1.29, 1.82) is 0 Å². The molecule has 0 bridgehead atoms. The van der Waals surface area contributed by atoms with Crippen molar-refractivity contribution in [3.8, 4) is 0 Å². The lowest BCUT2D eigenvalue weighted by molar-refractivity contribution is -0.135. The molecule has 0 aromatic heterocycles. The van der Waals surface area contributed by atoms with Crippen LogP contribution in [0, 0.1) is 0 Å². The monoisotopic (exact) mass is 224 g/mol. The van der Waals surface area contributed by atoms with Crippen molar-refractivity contribution >= 4 is 11.9 Å². The van der Waals surface area contributed by atoms with E-state index in [-0.39, 0.29) is 12.7 Å². The van der Waals surface area contributed by atoms with Gasteiger partial charge in [-0.1, -0.05) is 0 Å². The molecule has 0 aliphatic rings. The summed E-state index contributed by atoms with van der Waals surface area (Å²) in [7, 11) is 0. The van der Waals surface area contributed by atoms with Crippen LogP contribution in [0.3, 0.4) is 0 Å².